The summed E-state index contributed by atoms with van der Waals surface area (Å²) in [5.41, 5.74) is 0.518. The molecule has 2 aromatic heterocycles. The molecule has 2 aromatic carbocycles. The molecule has 0 radical (unpaired) electrons. The lowest BCUT2D eigenvalue weighted by Crippen LogP contribution is -2.31. The molecule has 8 nitrogen and oxygen atoms in total. The Kier molecular flexibility index (Phi) is 4.37. The molecule has 0 saturated carbocycles. The molecule has 0 bridgehead atoms. The Bertz CT molecular complexity index is 1400. The highest BCUT2D eigenvalue weighted by Gasteiger charge is 2.45. The van der Waals surface area contributed by atoms with E-state index >= 15 is 0 Å². The fraction of sp³-hybridized carbons (Fsp3) is 0.0909. The van der Waals surface area contributed by atoms with Gasteiger partial charge in [0.25, 0.3) is 5.91 Å². The van der Waals surface area contributed by atoms with Crippen LogP contribution in [0.1, 0.15) is 27.7 Å². The van der Waals surface area contributed by atoms with E-state index in [9.17, 15) is 14.7 Å². The van der Waals surface area contributed by atoms with Gasteiger partial charge < -0.3 is 14.3 Å². The van der Waals surface area contributed by atoms with Gasteiger partial charge in [0.2, 0.25) is 11.7 Å². The molecule has 1 N–H and O–H groups in total. The summed E-state index contributed by atoms with van der Waals surface area (Å²) in [7, 11) is 1.41. The third kappa shape index (κ3) is 2.91. The molecular weight excluding hydrogens is 422 g/mol. The average Bonchev–Trinajstić information content (AvgIpc) is 3.08. The molecule has 0 aliphatic carbocycles. The number of carbonyl (C=O) groups is 1. The van der Waals surface area contributed by atoms with Crippen molar-refractivity contribution in [1.82, 2.24) is 9.97 Å². The highest BCUT2D eigenvalue weighted by atomic mass is 35.5. The molecule has 5 rings (SSSR count). The number of aromatic nitrogens is 2. The molecular formula is C22H14ClN3O5. The van der Waals surface area contributed by atoms with Gasteiger partial charge in [-0.2, -0.15) is 0 Å². The van der Waals surface area contributed by atoms with Crippen LogP contribution in [0.4, 0.5) is 5.95 Å². The minimum absolute atomic E-state index is 0.0735. The van der Waals surface area contributed by atoms with E-state index in [1.807, 2.05) is 0 Å². The number of phenolic OH excluding ortho intramolecular Hbond substituents is 1. The lowest BCUT2D eigenvalue weighted by molar-refractivity contribution is 0.0969. The number of phenols is 1. The molecule has 9 heteroatoms. The van der Waals surface area contributed by atoms with Gasteiger partial charge in [-0.15, -0.1) is 0 Å². The first-order chi connectivity index (χ1) is 15.0. The summed E-state index contributed by atoms with van der Waals surface area (Å²) in [5.74, 6) is -0.412. The Morgan fingerprint density at radius 2 is 1.90 bits per heavy atom. The summed E-state index contributed by atoms with van der Waals surface area (Å²) < 4.78 is 11.1. The molecule has 1 aliphatic rings. The van der Waals surface area contributed by atoms with Crippen molar-refractivity contribution in [3.8, 4) is 11.5 Å². The average molecular weight is 436 g/mol. The fourth-order valence-electron chi connectivity index (χ4n) is 3.75. The number of benzene rings is 2. The quantitative estimate of drug-likeness (QED) is 0.523. The van der Waals surface area contributed by atoms with Crippen molar-refractivity contribution in [2.75, 3.05) is 12.0 Å². The smallest absolute Gasteiger partial charge is 0.297 e. The van der Waals surface area contributed by atoms with Gasteiger partial charge >= 0.3 is 0 Å². The van der Waals surface area contributed by atoms with Gasteiger partial charge in [-0.25, -0.2) is 9.97 Å². The van der Waals surface area contributed by atoms with Crippen LogP contribution in [0.3, 0.4) is 0 Å². The molecule has 4 aromatic rings. The van der Waals surface area contributed by atoms with Crippen molar-refractivity contribution in [1.29, 1.82) is 0 Å². The van der Waals surface area contributed by atoms with E-state index in [4.69, 9.17) is 20.8 Å². The van der Waals surface area contributed by atoms with Crippen LogP contribution >= 0.6 is 11.6 Å². The second-order valence-electron chi connectivity index (χ2n) is 6.87. The van der Waals surface area contributed by atoms with Crippen LogP contribution in [0.25, 0.3) is 11.0 Å². The van der Waals surface area contributed by atoms with Crippen LogP contribution in [-0.2, 0) is 0 Å². The van der Waals surface area contributed by atoms with Crippen molar-refractivity contribution in [3.63, 3.8) is 0 Å². The summed E-state index contributed by atoms with van der Waals surface area (Å²) >= 11 is 6.08. The van der Waals surface area contributed by atoms with Gasteiger partial charge in [-0.1, -0.05) is 17.7 Å². The summed E-state index contributed by atoms with van der Waals surface area (Å²) in [6.45, 7) is 0. The van der Waals surface area contributed by atoms with E-state index in [2.05, 4.69) is 9.97 Å². The largest absolute Gasteiger partial charge is 0.504 e. The monoisotopic (exact) mass is 435 g/mol. The Morgan fingerprint density at radius 3 is 2.65 bits per heavy atom. The zero-order chi connectivity index (χ0) is 21.7. The number of anilines is 1. The minimum atomic E-state index is -0.890. The first-order valence-corrected chi connectivity index (χ1v) is 9.61. The Balaban J connectivity index is 1.83. The third-order valence-electron chi connectivity index (χ3n) is 5.12. The van der Waals surface area contributed by atoms with Crippen molar-refractivity contribution >= 4 is 34.4 Å². The number of fused-ring (bicyclic) bond motifs is 2. The van der Waals surface area contributed by atoms with Crippen molar-refractivity contribution < 1.29 is 19.1 Å². The number of methoxy groups -OCH3 is 1. The van der Waals surface area contributed by atoms with E-state index < -0.39 is 11.9 Å². The van der Waals surface area contributed by atoms with Gasteiger partial charge in [0.05, 0.1) is 24.1 Å². The highest BCUT2D eigenvalue weighted by Crippen LogP contribution is 2.42. The van der Waals surface area contributed by atoms with Gasteiger partial charge in [0.15, 0.2) is 16.9 Å². The van der Waals surface area contributed by atoms with Gasteiger partial charge in [0, 0.05) is 17.4 Å². The zero-order valence-electron chi connectivity index (χ0n) is 16.1. The molecule has 3 heterocycles. The van der Waals surface area contributed by atoms with Crippen molar-refractivity contribution in [2.24, 2.45) is 0 Å². The fourth-order valence-corrected chi connectivity index (χ4v) is 3.92. The van der Waals surface area contributed by atoms with Crippen LogP contribution < -0.4 is 15.1 Å². The van der Waals surface area contributed by atoms with Gasteiger partial charge in [0.1, 0.15) is 5.58 Å². The SMILES string of the molecule is COc1cc(C2c3c(oc4ccc(Cl)cc4c3=O)C(=O)N2c2ncccn2)ccc1O. The maximum atomic E-state index is 13.5. The van der Waals surface area contributed by atoms with E-state index in [1.165, 1.54) is 36.5 Å². The van der Waals surface area contributed by atoms with Gasteiger partial charge in [-0.05, 0) is 42.0 Å². The zero-order valence-corrected chi connectivity index (χ0v) is 16.8. The number of rotatable bonds is 3. The van der Waals surface area contributed by atoms with Crippen LogP contribution in [0.5, 0.6) is 11.5 Å². The number of hydrogen-bond acceptors (Lipinski definition) is 7. The third-order valence-corrected chi connectivity index (χ3v) is 5.35. The summed E-state index contributed by atoms with van der Waals surface area (Å²) in [6, 6.07) is 9.95. The number of ether oxygens (including phenoxy) is 1. The maximum Gasteiger partial charge on any atom is 0.297 e. The predicted octanol–water partition coefficient (Wildman–Crippen LogP) is 3.70. The number of carbonyl (C=O) groups excluding carboxylic acids is 1. The molecule has 1 unspecified atom stereocenters. The van der Waals surface area contributed by atoms with E-state index in [0.717, 1.165) is 0 Å². The van der Waals surface area contributed by atoms with Crippen LogP contribution in [-0.4, -0.2) is 28.1 Å². The van der Waals surface area contributed by atoms with Crippen LogP contribution in [0.2, 0.25) is 5.02 Å². The topological polar surface area (TPSA) is 106 Å². The molecule has 1 atom stereocenters. The second-order valence-corrected chi connectivity index (χ2v) is 7.31. The number of halogens is 1. The van der Waals surface area contributed by atoms with E-state index in [1.54, 1.807) is 30.3 Å². The number of hydrogen-bond donors (Lipinski definition) is 1. The molecule has 1 aliphatic heterocycles. The molecule has 31 heavy (non-hydrogen) atoms. The van der Waals surface area contributed by atoms with E-state index in [0.29, 0.717) is 10.6 Å². The molecule has 154 valence electrons. The Labute approximate surface area is 180 Å². The Hall–Kier alpha value is -3.91. The first-order valence-electron chi connectivity index (χ1n) is 9.23. The number of amides is 1. The summed E-state index contributed by atoms with van der Waals surface area (Å²) in [6.07, 6.45) is 3.00. The maximum absolute atomic E-state index is 13.5. The molecule has 0 spiro atoms. The summed E-state index contributed by atoms with van der Waals surface area (Å²) in [5, 5.41) is 10.6. The second kappa shape index (κ2) is 7.10. The highest BCUT2D eigenvalue weighted by molar-refractivity contribution is 6.31. The van der Waals surface area contributed by atoms with Crippen LogP contribution in [0.15, 0.2) is 64.1 Å². The number of aromatic hydroxyl groups is 1. The van der Waals surface area contributed by atoms with Crippen LogP contribution in [0, 0.1) is 0 Å². The van der Waals surface area contributed by atoms with Crippen molar-refractivity contribution in [3.05, 3.63) is 87.0 Å². The summed E-state index contributed by atoms with van der Waals surface area (Å²) in [4.78, 5) is 36.5. The predicted molar refractivity (Wildman–Crippen MR) is 113 cm³/mol. The van der Waals surface area contributed by atoms with Gasteiger partial charge in [-0.3, -0.25) is 14.5 Å². The standard InChI is InChI=1S/C22H14ClN3O5/c1-30-16-9-11(3-5-14(16)27)18-17-19(28)13-10-12(23)4-6-15(13)31-20(17)21(29)26(18)22-24-7-2-8-25-22/h2-10,18,27H,1H3. The molecule has 0 saturated heterocycles. The molecule has 1 amide bonds. The van der Waals surface area contributed by atoms with E-state index in [-0.39, 0.29) is 45.2 Å². The van der Waals surface area contributed by atoms with Crippen molar-refractivity contribution in [2.45, 2.75) is 6.04 Å². The lowest BCUT2D eigenvalue weighted by atomic mass is 9.98. The Morgan fingerprint density at radius 1 is 1.13 bits per heavy atom. The molecule has 0 fully saturated rings. The lowest BCUT2D eigenvalue weighted by Gasteiger charge is -2.23. The first kappa shape index (κ1) is 19.1. The number of nitrogens with zero attached hydrogens (tertiary/aromatic N) is 3. The normalized spacial score (nSPS) is 15.4. The minimum Gasteiger partial charge on any atom is -0.504 e.